The summed E-state index contributed by atoms with van der Waals surface area (Å²) in [6.45, 7) is 0.650. The third-order valence-corrected chi connectivity index (χ3v) is 4.66. The standard InChI is InChI=1S/C15H19BrN4/c1-19-9-18-13-7-12(8-17)20(2)14(15(13)19)10-4-3-5-11(16)6-10/h3-6,9,12,14H,7-8,17H2,1-2H3. The Morgan fingerprint density at radius 3 is 2.90 bits per heavy atom. The lowest BCUT2D eigenvalue weighted by atomic mass is 9.92. The molecule has 0 saturated carbocycles. The molecule has 2 aromatic rings. The Morgan fingerprint density at radius 2 is 2.20 bits per heavy atom. The average Bonchev–Trinajstić information content (AvgIpc) is 2.79. The molecule has 0 spiro atoms. The molecule has 0 amide bonds. The first-order chi connectivity index (χ1) is 9.61. The van der Waals surface area contributed by atoms with E-state index in [1.807, 2.05) is 6.33 Å². The Bertz CT molecular complexity index is 622. The predicted octanol–water partition coefficient (Wildman–Crippen LogP) is 2.09. The van der Waals surface area contributed by atoms with Crippen molar-refractivity contribution in [3.05, 3.63) is 52.0 Å². The molecule has 1 aliphatic rings. The fourth-order valence-corrected chi connectivity index (χ4v) is 3.50. The zero-order valence-electron chi connectivity index (χ0n) is 11.8. The number of rotatable bonds is 2. The van der Waals surface area contributed by atoms with Gasteiger partial charge in [-0.1, -0.05) is 28.1 Å². The Balaban J connectivity index is 2.13. The van der Waals surface area contributed by atoms with E-state index in [2.05, 4.69) is 68.7 Å². The predicted molar refractivity (Wildman–Crippen MR) is 83.5 cm³/mol. The molecular weight excluding hydrogens is 316 g/mol. The van der Waals surface area contributed by atoms with Crippen molar-refractivity contribution >= 4 is 15.9 Å². The number of nitrogens with zero attached hydrogens (tertiary/aromatic N) is 3. The fourth-order valence-electron chi connectivity index (χ4n) is 3.09. The van der Waals surface area contributed by atoms with E-state index in [0.29, 0.717) is 12.6 Å². The van der Waals surface area contributed by atoms with Crippen molar-refractivity contribution < 1.29 is 0 Å². The van der Waals surface area contributed by atoms with Crippen LogP contribution in [0.2, 0.25) is 0 Å². The average molecular weight is 335 g/mol. The van der Waals surface area contributed by atoms with Gasteiger partial charge in [0.05, 0.1) is 23.8 Å². The third kappa shape index (κ3) is 2.20. The highest BCUT2D eigenvalue weighted by Crippen LogP contribution is 2.36. The molecule has 2 unspecified atom stereocenters. The van der Waals surface area contributed by atoms with Gasteiger partial charge in [0, 0.05) is 30.5 Å². The van der Waals surface area contributed by atoms with Crippen LogP contribution in [0, 0.1) is 0 Å². The summed E-state index contributed by atoms with van der Waals surface area (Å²) >= 11 is 3.56. The molecule has 0 aliphatic carbocycles. The summed E-state index contributed by atoms with van der Waals surface area (Å²) in [5.74, 6) is 0. The van der Waals surface area contributed by atoms with Crippen LogP contribution in [-0.4, -0.2) is 34.1 Å². The van der Waals surface area contributed by atoms with Crippen LogP contribution in [-0.2, 0) is 13.5 Å². The molecule has 2 N–H and O–H groups in total. The van der Waals surface area contributed by atoms with Crippen LogP contribution in [0.3, 0.4) is 0 Å². The molecule has 5 heteroatoms. The maximum absolute atomic E-state index is 5.94. The van der Waals surface area contributed by atoms with Crippen molar-refractivity contribution in [2.75, 3.05) is 13.6 Å². The largest absolute Gasteiger partial charge is 0.336 e. The van der Waals surface area contributed by atoms with Gasteiger partial charge in [0.25, 0.3) is 0 Å². The number of likely N-dealkylation sites (N-methyl/N-ethyl adjacent to an activating group) is 1. The van der Waals surface area contributed by atoms with Crippen molar-refractivity contribution in [3.8, 4) is 0 Å². The van der Waals surface area contributed by atoms with Crippen LogP contribution in [0.25, 0.3) is 0 Å². The van der Waals surface area contributed by atoms with E-state index in [9.17, 15) is 0 Å². The molecule has 1 aromatic carbocycles. The molecule has 0 bridgehead atoms. The monoisotopic (exact) mass is 334 g/mol. The smallest absolute Gasteiger partial charge is 0.0949 e. The number of imidazole rings is 1. The summed E-state index contributed by atoms with van der Waals surface area (Å²) in [7, 11) is 4.21. The Hall–Kier alpha value is -1.17. The number of aryl methyl sites for hydroxylation is 1. The first-order valence-electron chi connectivity index (χ1n) is 6.79. The Morgan fingerprint density at radius 1 is 1.40 bits per heavy atom. The molecule has 4 nitrogen and oxygen atoms in total. The molecule has 1 aliphatic heterocycles. The number of benzene rings is 1. The van der Waals surface area contributed by atoms with Gasteiger partial charge in [0.15, 0.2) is 0 Å². The fraction of sp³-hybridized carbons (Fsp3) is 0.400. The van der Waals surface area contributed by atoms with Crippen LogP contribution in [0.15, 0.2) is 35.1 Å². The molecule has 3 rings (SSSR count). The highest BCUT2D eigenvalue weighted by atomic mass is 79.9. The lowest BCUT2D eigenvalue weighted by Crippen LogP contribution is -2.46. The molecule has 20 heavy (non-hydrogen) atoms. The second-order valence-electron chi connectivity index (χ2n) is 5.40. The molecule has 0 saturated heterocycles. The van der Waals surface area contributed by atoms with Gasteiger partial charge in [0.2, 0.25) is 0 Å². The quantitative estimate of drug-likeness (QED) is 0.914. The Labute approximate surface area is 127 Å². The van der Waals surface area contributed by atoms with E-state index in [1.165, 1.54) is 17.0 Å². The van der Waals surface area contributed by atoms with Gasteiger partial charge in [-0.25, -0.2) is 4.98 Å². The molecule has 0 radical (unpaired) electrons. The third-order valence-electron chi connectivity index (χ3n) is 4.17. The van der Waals surface area contributed by atoms with Crippen molar-refractivity contribution in [1.82, 2.24) is 14.5 Å². The second kappa shape index (κ2) is 5.31. The van der Waals surface area contributed by atoms with Crippen LogP contribution < -0.4 is 5.73 Å². The van der Waals surface area contributed by atoms with Crippen molar-refractivity contribution in [2.24, 2.45) is 12.8 Å². The normalized spacial score (nSPS) is 22.8. The topological polar surface area (TPSA) is 47.1 Å². The molecule has 106 valence electrons. The van der Waals surface area contributed by atoms with Gasteiger partial charge >= 0.3 is 0 Å². The number of aromatic nitrogens is 2. The van der Waals surface area contributed by atoms with Gasteiger partial charge in [-0.15, -0.1) is 0 Å². The highest BCUT2D eigenvalue weighted by Gasteiger charge is 2.35. The van der Waals surface area contributed by atoms with Crippen molar-refractivity contribution in [2.45, 2.75) is 18.5 Å². The zero-order valence-corrected chi connectivity index (χ0v) is 13.3. The lowest BCUT2D eigenvalue weighted by Gasteiger charge is -2.39. The summed E-state index contributed by atoms with van der Waals surface area (Å²) in [5.41, 5.74) is 9.66. The number of hydrogen-bond acceptors (Lipinski definition) is 3. The summed E-state index contributed by atoms with van der Waals surface area (Å²) in [4.78, 5) is 6.92. The number of halogens is 1. The molecule has 2 heterocycles. The Kier molecular flexibility index (Phi) is 3.67. The van der Waals surface area contributed by atoms with E-state index in [-0.39, 0.29) is 6.04 Å². The maximum atomic E-state index is 5.94. The lowest BCUT2D eigenvalue weighted by molar-refractivity contribution is 0.177. The van der Waals surface area contributed by atoms with Crippen LogP contribution in [0.1, 0.15) is 23.0 Å². The number of fused-ring (bicyclic) bond motifs is 1. The highest BCUT2D eigenvalue weighted by molar-refractivity contribution is 9.10. The summed E-state index contributed by atoms with van der Waals surface area (Å²) in [5, 5.41) is 0. The zero-order chi connectivity index (χ0) is 14.3. The minimum absolute atomic E-state index is 0.206. The molecule has 0 fully saturated rings. The van der Waals surface area contributed by atoms with Crippen LogP contribution in [0.4, 0.5) is 0 Å². The van der Waals surface area contributed by atoms with Crippen LogP contribution in [0.5, 0.6) is 0 Å². The maximum Gasteiger partial charge on any atom is 0.0949 e. The minimum atomic E-state index is 0.206. The summed E-state index contributed by atoms with van der Waals surface area (Å²) in [6, 6.07) is 9.02. The molecule has 1 aromatic heterocycles. The number of hydrogen-bond donors (Lipinski definition) is 1. The van der Waals surface area contributed by atoms with Crippen molar-refractivity contribution in [1.29, 1.82) is 0 Å². The van der Waals surface area contributed by atoms with Gasteiger partial charge in [-0.3, -0.25) is 4.90 Å². The van der Waals surface area contributed by atoms with E-state index >= 15 is 0 Å². The van der Waals surface area contributed by atoms with Crippen LogP contribution >= 0.6 is 15.9 Å². The van der Waals surface area contributed by atoms with Gasteiger partial charge < -0.3 is 10.3 Å². The second-order valence-corrected chi connectivity index (χ2v) is 6.32. The summed E-state index contributed by atoms with van der Waals surface area (Å²) < 4.78 is 3.23. The van der Waals surface area contributed by atoms with Gasteiger partial charge in [-0.05, 0) is 24.7 Å². The SMILES string of the molecule is CN1C(CN)Cc2ncn(C)c2C1c1cccc(Br)c1. The minimum Gasteiger partial charge on any atom is -0.336 e. The number of nitrogens with two attached hydrogens (primary N) is 1. The van der Waals surface area contributed by atoms with E-state index < -0.39 is 0 Å². The summed E-state index contributed by atoms with van der Waals surface area (Å²) in [6.07, 6.45) is 2.83. The van der Waals surface area contributed by atoms with Crippen molar-refractivity contribution in [3.63, 3.8) is 0 Å². The van der Waals surface area contributed by atoms with Gasteiger partial charge in [-0.2, -0.15) is 0 Å². The van der Waals surface area contributed by atoms with E-state index in [4.69, 9.17) is 5.73 Å². The van der Waals surface area contributed by atoms with Gasteiger partial charge in [0.1, 0.15) is 0 Å². The first-order valence-corrected chi connectivity index (χ1v) is 7.58. The molecular formula is C15H19BrN4. The first kappa shape index (κ1) is 13.8. The van der Waals surface area contributed by atoms with E-state index in [0.717, 1.165) is 10.9 Å². The van der Waals surface area contributed by atoms with E-state index in [1.54, 1.807) is 0 Å². The molecule has 2 atom stereocenters.